The lowest BCUT2D eigenvalue weighted by molar-refractivity contribution is -0.111. The van der Waals surface area contributed by atoms with Crippen molar-refractivity contribution in [3.8, 4) is 11.6 Å². The number of urea groups is 1. The Labute approximate surface area is 224 Å². The van der Waals surface area contributed by atoms with Crippen LogP contribution in [0.5, 0.6) is 11.6 Å². The number of hydrogen-bond donors (Lipinski definition) is 3. The SMILES string of the molecule is C=CC(=O)Nc1cccc(Oc2nc(Nc3ccc(NC(=O)N4CCN(C)CC4)cc3)nc3ccsc23)c1. The van der Waals surface area contributed by atoms with Crippen LogP contribution in [0.4, 0.5) is 27.8 Å². The Morgan fingerprint density at radius 1 is 0.974 bits per heavy atom. The Kier molecular flexibility index (Phi) is 7.47. The van der Waals surface area contributed by atoms with E-state index in [0.29, 0.717) is 42.0 Å². The van der Waals surface area contributed by atoms with Crippen LogP contribution in [0, 0.1) is 0 Å². The van der Waals surface area contributed by atoms with E-state index in [2.05, 4.69) is 44.4 Å². The number of likely N-dealkylation sites (N-methyl/N-ethyl adjacent to an activating group) is 1. The summed E-state index contributed by atoms with van der Waals surface area (Å²) in [6, 6.07) is 16.2. The average Bonchev–Trinajstić information content (AvgIpc) is 3.39. The van der Waals surface area contributed by atoms with Gasteiger partial charge in [-0.05, 0) is 61.0 Å². The zero-order valence-corrected chi connectivity index (χ0v) is 21.6. The predicted octanol–water partition coefficient (Wildman–Crippen LogP) is 5.13. The molecule has 3 amide bonds. The smallest absolute Gasteiger partial charge is 0.321 e. The van der Waals surface area contributed by atoms with Crippen LogP contribution in [-0.2, 0) is 4.79 Å². The Balaban J connectivity index is 1.28. The van der Waals surface area contributed by atoms with E-state index in [0.717, 1.165) is 29.0 Å². The highest BCUT2D eigenvalue weighted by Gasteiger charge is 2.19. The third-order valence-corrected chi connectivity index (χ3v) is 6.85. The van der Waals surface area contributed by atoms with Gasteiger partial charge in [-0.1, -0.05) is 12.6 Å². The summed E-state index contributed by atoms with van der Waals surface area (Å²) in [7, 11) is 2.06. The van der Waals surface area contributed by atoms with Crippen LogP contribution in [0.2, 0.25) is 0 Å². The van der Waals surface area contributed by atoms with E-state index >= 15 is 0 Å². The van der Waals surface area contributed by atoms with Gasteiger partial charge >= 0.3 is 6.03 Å². The number of amides is 3. The van der Waals surface area contributed by atoms with Crippen molar-refractivity contribution in [1.29, 1.82) is 0 Å². The maximum absolute atomic E-state index is 12.5. The van der Waals surface area contributed by atoms with E-state index in [9.17, 15) is 9.59 Å². The molecule has 0 radical (unpaired) electrons. The number of hydrogen-bond acceptors (Lipinski definition) is 8. The number of nitrogens with one attached hydrogen (secondary N) is 3. The number of carbonyl (C=O) groups is 2. The summed E-state index contributed by atoms with van der Waals surface area (Å²) in [5.74, 6) is 0.986. The van der Waals surface area contributed by atoms with Gasteiger partial charge in [0.1, 0.15) is 10.4 Å². The molecular weight excluding hydrogens is 502 g/mol. The lowest BCUT2D eigenvalue weighted by Crippen LogP contribution is -2.48. The third-order valence-electron chi connectivity index (χ3n) is 5.96. The van der Waals surface area contributed by atoms with Crippen LogP contribution in [-0.4, -0.2) is 64.9 Å². The Hall–Kier alpha value is -4.48. The molecule has 1 fully saturated rings. The van der Waals surface area contributed by atoms with Crippen molar-refractivity contribution in [2.24, 2.45) is 0 Å². The first-order valence-electron chi connectivity index (χ1n) is 12.0. The molecule has 2 aromatic carbocycles. The minimum atomic E-state index is -0.304. The van der Waals surface area contributed by atoms with Crippen LogP contribution in [0.25, 0.3) is 10.2 Å². The molecule has 38 heavy (non-hydrogen) atoms. The van der Waals surface area contributed by atoms with E-state index in [-0.39, 0.29) is 11.9 Å². The fourth-order valence-electron chi connectivity index (χ4n) is 3.88. The number of piperazine rings is 1. The number of benzene rings is 2. The Bertz CT molecular complexity index is 1460. The Morgan fingerprint density at radius 2 is 1.74 bits per heavy atom. The third kappa shape index (κ3) is 6.07. The van der Waals surface area contributed by atoms with Gasteiger partial charge < -0.3 is 30.5 Å². The fourth-order valence-corrected chi connectivity index (χ4v) is 4.64. The van der Waals surface area contributed by atoms with Gasteiger partial charge in [-0.3, -0.25) is 4.79 Å². The number of thiophene rings is 1. The number of ether oxygens (including phenoxy) is 1. The zero-order chi connectivity index (χ0) is 26.5. The van der Waals surface area contributed by atoms with E-state index in [4.69, 9.17) is 4.74 Å². The van der Waals surface area contributed by atoms with Gasteiger partial charge in [0.15, 0.2) is 0 Å². The lowest BCUT2D eigenvalue weighted by Gasteiger charge is -2.32. The van der Waals surface area contributed by atoms with Gasteiger partial charge in [0.2, 0.25) is 17.7 Å². The molecule has 1 aliphatic heterocycles. The van der Waals surface area contributed by atoms with Gasteiger partial charge in [0.05, 0.1) is 5.52 Å². The van der Waals surface area contributed by atoms with Gasteiger partial charge in [-0.15, -0.1) is 11.3 Å². The number of nitrogens with zero attached hydrogens (tertiary/aromatic N) is 4. The molecule has 0 bridgehead atoms. The molecule has 2 aromatic heterocycles. The summed E-state index contributed by atoms with van der Waals surface area (Å²) in [5.41, 5.74) is 2.80. The first-order valence-corrected chi connectivity index (χ1v) is 12.9. The normalized spacial score (nSPS) is 13.7. The van der Waals surface area contributed by atoms with Crippen molar-refractivity contribution in [2.75, 3.05) is 49.2 Å². The molecule has 0 saturated carbocycles. The minimum absolute atomic E-state index is 0.0972. The van der Waals surface area contributed by atoms with E-state index < -0.39 is 0 Å². The summed E-state index contributed by atoms with van der Waals surface area (Å²) in [6.45, 7) is 6.63. The summed E-state index contributed by atoms with van der Waals surface area (Å²) < 4.78 is 6.90. The van der Waals surface area contributed by atoms with Crippen molar-refractivity contribution in [3.63, 3.8) is 0 Å². The van der Waals surface area contributed by atoms with Gasteiger partial charge in [0.25, 0.3) is 0 Å². The monoisotopic (exact) mass is 529 g/mol. The van der Waals surface area contributed by atoms with Gasteiger partial charge in [-0.2, -0.15) is 4.98 Å². The molecule has 0 aliphatic carbocycles. The summed E-state index contributed by atoms with van der Waals surface area (Å²) in [4.78, 5) is 37.4. The van der Waals surface area contributed by atoms with Crippen molar-refractivity contribution in [1.82, 2.24) is 19.8 Å². The number of anilines is 4. The Morgan fingerprint density at radius 3 is 2.50 bits per heavy atom. The van der Waals surface area contributed by atoms with Crippen LogP contribution >= 0.6 is 11.3 Å². The number of rotatable bonds is 7. The largest absolute Gasteiger partial charge is 0.437 e. The molecule has 4 aromatic rings. The molecular formula is C27H27N7O3S. The second kappa shape index (κ2) is 11.3. The summed E-state index contributed by atoms with van der Waals surface area (Å²) in [6.07, 6.45) is 1.21. The van der Waals surface area contributed by atoms with E-state index in [1.807, 2.05) is 40.6 Å². The highest BCUT2D eigenvalue weighted by Crippen LogP contribution is 2.33. The molecule has 11 heteroatoms. The van der Waals surface area contributed by atoms with Crippen LogP contribution in [0.3, 0.4) is 0 Å². The van der Waals surface area contributed by atoms with Gasteiger partial charge in [0, 0.05) is 49.3 Å². The topological polar surface area (TPSA) is 112 Å². The fraction of sp³-hybridized carbons (Fsp3) is 0.185. The van der Waals surface area contributed by atoms with Crippen LogP contribution in [0.1, 0.15) is 0 Å². The summed E-state index contributed by atoms with van der Waals surface area (Å²) in [5, 5.41) is 10.8. The standard InChI is InChI=1S/C27H27N7O3S/c1-3-23(35)28-20-5-4-6-21(17-20)37-25-24-22(11-16-38-24)31-26(32-25)29-18-7-9-19(10-8-18)30-27(36)34-14-12-33(2)13-15-34/h3-11,16-17H,1,12-15H2,2H3,(H,28,35)(H,30,36)(H,29,31,32). The lowest BCUT2D eigenvalue weighted by atomic mass is 10.3. The van der Waals surface area contributed by atoms with Crippen molar-refractivity contribution >= 4 is 56.5 Å². The molecule has 1 saturated heterocycles. The summed E-state index contributed by atoms with van der Waals surface area (Å²) >= 11 is 1.48. The molecule has 194 valence electrons. The second-order valence-corrected chi connectivity index (χ2v) is 9.65. The number of fused-ring (bicyclic) bond motifs is 1. The number of carbonyl (C=O) groups excluding carboxylic acids is 2. The molecule has 10 nitrogen and oxygen atoms in total. The van der Waals surface area contributed by atoms with Crippen molar-refractivity contribution in [2.45, 2.75) is 0 Å². The van der Waals surface area contributed by atoms with Crippen LogP contribution < -0.4 is 20.7 Å². The highest BCUT2D eigenvalue weighted by molar-refractivity contribution is 7.17. The van der Waals surface area contributed by atoms with E-state index in [1.165, 1.54) is 17.4 Å². The first-order chi connectivity index (χ1) is 18.5. The predicted molar refractivity (Wildman–Crippen MR) is 151 cm³/mol. The number of aromatic nitrogens is 2. The minimum Gasteiger partial charge on any atom is -0.437 e. The zero-order valence-electron chi connectivity index (χ0n) is 20.8. The first kappa shape index (κ1) is 25.2. The van der Waals surface area contributed by atoms with Gasteiger partial charge in [-0.25, -0.2) is 9.78 Å². The van der Waals surface area contributed by atoms with E-state index in [1.54, 1.807) is 24.3 Å². The highest BCUT2D eigenvalue weighted by atomic mass is 32.1. The second-order valence-electron chi connectivity index (χ2n) is 8.73. The van der Waals surface area contributed by atoms with Crippen LogP contribution in [0.15, 0.2) is 72.6 Å². The molecule has 0 unspecified atom stereocenters. The maximum atomic E-state index is 12.5. The average molecular weight is 530 g/mol. The quantitative estimate of drug-likeness (QED) is 0.285. The molecule has 1 aliphatic rings. The molecule has 3 N–H and O–H groups in total. The van der Waals surface area contributed by atoms with Crippen molar-refractivity contribution in [3.05, 3.63) is 72.6 Å². The molecule has 0 atom stereocenters. The van der Waals surface area contributed by atoms with Crippen molar-refractivity contribution < 1.29 is 14.3 Å². The molecule has 3 heterocycles. The maximum Gasteiger partial charge on any atom is 0.321 e. The molecule has 5 rings (SSSR count). The molecule has 0 spiro atoms.